The lowest BCUT2D eigenvalue weighted by Crippen LogP contribution is -2.25. The Morgan fingerprint density at radius 2 is 1.93 bits per heavy atom. The van der Waals surface area contributed by atoms with Gasteiger partial charge >= 0.3 is 6.18 Å². The summed E-state index contributed by atoms with van der Waals surface area (Å²) in [4.78, 5) is 26.6. The van der Waals surface area contributed by atoms with Crippen molar-refractivity contribution in [2.45, 2.75) is 33.0 Å². The van der Waals surface area contributed by atoms with E-state index in [2.05, 4.69) is 26.3 Å². The first-order valence-corrected chi connectivity index (χ1v) is 9.79. The standard InChI is InChI=1S/C17H17BrF3N5O2S/c1-7-10(6-22)15(29-12(7)16(28)25(4)5)23-14(27)9(3)26-8(2)11(18)13(24-26)17(19,20)21/h9H,1-5H3,(H,23,27)/t9-/m1/s1. The number of nitrogens with zero attached hydrogens (tertiary/aromatic N) is 4. The van der Waals surface area contributed by atoms with Gasteiger partial charge in [0.1, 0.15) is 17.1 Å². The van der Waals surface area contributed by atoms with Crippen molar-refractivity contribution in [3.63, 3.8) is 0 Å². The Hall–Kier alpha value is -2.39. The van der Waals surface area contributed by atoms with Crippen molar-refractivity contribution >= 4 is 44.1 Å². The van der Waals surface area contributed by atoms with Crippen molar-refractivity contribution in [3.05, 3.63) is 31.9 Å². The predicted molar refractivity (Wildman–Crippen MR) is 105 cm³/mol. The van der Waals surface area contributed by atoms with Crippen LogP contribution in [0.25, 0.3) is 0 Å². The van der Waals surface area contributed by atoms with Gasteiger partial charge in [0, 0.05) is 14.1 Å². The van der Waals surface area contributed by atoms with Crippen LogP contribution in [0.5, 0.6) is 0 Å². The monoisotopic (exact) mass is 491 g/mol. The first-order chi connectivity index (χ1) is 13.3. The van der Waals surface area contributed by atoms with Crippen LogP contribution in [0.1, 0.15) is 45.2 Å². The lowest BCUT2D eigenvalue weighted by Gasteiger charge is -2.14. The average molecular weight is 492 g/mol. The molecule has 0 saturated carbocycles. The van der Waals surface area contributed by atoms with Gasteiger partial charge in [-0.2, -0.15) is 23.5 Å². The molecule has 1 atom stereocenters. The molecule has 0 aliphatic heterocycles. The van der Waals surface area contributed by atoms with Crippen molar-refractivity contribution in [2.24, 2.45) is 0 Å². The SMILES string of the molecule is Cc1c(C(=O)N(C)C)sc(NC(=O)[C@@H](C)n2nc(C(F)(F)F)c(Br)c2C)c1C#N. The molecule has 12 heteroatoms. The first-order valence-electron chi connectivity index (χ1n) is 8.19. The van der Waals surface area contributed by atoms with E-state index in [1.807, 2.05) is 6.07 Å². The van der Waals surface area contributed by atoms with Gasteiger partial charge < -0.3 is 10.2 Å². The molecule has 0 aliphatic rings. The van der Waals surface area contributed by atoms with Crippen molar-refractivity contribution in [2.75, 3.05) is 19.4 Å². The molecule has 156 valence electrons. The summed E-state index contributed by atoms with van der Waals surface area (Å²) < 4.78 is 39.9. The van der Waals surface area contributed by atoms with E-state index in [0.717, 1.165) is 16.0 Å². The number of alkyl halides is 3. The Morgan fingerprint density at radius 3 is 2.38 bits per heavy atom. The summed E-state index contributed by atoms with van der Waals surface area (Å²) in [5, 5.41) is 15.6. The summed E-state index contributed by atoms with van der Waals surface area (Å²) in [5.74, 6) is -0.988. The summed E-state index contributed by atoms with van der Waals surface area (Å²) >= 11 is 3.81. The molecule has 0 saturated heterocycles. The van der Waals surface area contributed by atoms with Gasteiger partial charge in [-0.3, -0.25) is 14.3 Å². The molecule has 0 aromatic carbocycles. The van der Waals surface area contributed by atoms with E-state index < -0.39 is 23.8 Å². The Bertz CT molecular complexity index is 1020. The first kappa shape index (κ1) is 22.9. The molecule has 2 amide bonds. The second-order valence-electron chi connectivity index (χ2n) is 6.43. The van der Waals surface area contributed by atoms with E-state index in [1.54, 1.807) is 21.0 Å². The van der Waals surface area contributed by atoms with Crippen molar-refractivity contribution in [1.29, 1.82) is 5.26 Å². The van der Waals surface area contributed by atoms with E-state index in [-0.39, 0.29) is 26.6 Å². The Balaban J connectivity index is 2.38. The predicted octanol–water partition coefficient (Wildman–Crippen LogP) is 4.12. The number of carbonyl (C=O) groups is 2. The molecule has 0 spiro atoms. The maximum atomic E-state index is 13.1. The van der Waals surface area contributed by atoms with Gasteiger partial charge in [0.25, 0.3) is 5.91 Å². The van der Waals surface area contributed by atoms with E-state index in [1.165, 1.54) is 18.7 Å². The zero-order valence-electron chi connectivity index (χ0n) is 16.1. The van der Waals surface area contributed by atoms with Crippen LogP contribution in [0.2, 0.25) is 0 Å². The number of hydrogen-bond donors (Lipinski definition) is 1. The summed E-state index contributed by atoms with van der Waals surface area (Å²) in [6.45, 7) is 4.38. The number of hydrogen-bond acceptors (Lipinski definition) is 5. The number of rotatable bonds is 4. The quantitative estimate of drug-likeness (QED) is 0.696. The van der Waals surface area contributed by atoms with Crippen LogP contribution in [0, 0.1) is 25.2 Å². The third-order valence-corrected chi connectivity index (χ3v) is 6.33. The molecule has 2 rings (SSSR count). The minimum absolute atomic E-state index is 0.131. The van der Waals surface area contributed by atoms with E-state index in [4.69, 9.17) is 0 Å². The zero-order chi connectivity index (χ0) is 22.3. The van der Waals surface area contributed by atoms with Crippen LogP contribution in [-0.2, 0) is 11.0 Å². The Morgan fingerprint density at radius 1 is 1.34 bits per heavy atom. The van der Waals surface area contributed by atoms with Crippen molar-refractivity contribution < 1.29 is 22.8 Å². The van der Waals surface area contributed by atoms with E-state index >= 15 is 0 Å². The minimum Gasteiger partial charge on any atom is -0.344 e. The normalized spacial score (nSPS) is 12.4. The maximum Gasteiger partial charge on any atom is 0.436 e. The van der Waals surface area contributed by atoms with Gasteiger partial charge in [0.2, 0.25) is 5.91 Å². The third-order valence-electron chi connectivity index (χ3n) is 4.19. The average Bonchev–Trinajstić information content (AvgIpc) is 3.10. The van der Waals surface area contributed by atoms with Gasteiger partial charge in [-0.25, -0.2) is 0 Å². The Kier molecular flexibility index (Phi) is 6.44. The number of nitriles is 1. The summed E-state index contributed by atoms with van der Waals surface area (Å²) in [7, 11) is 3.12. The van der Waals surface area contributed by atoms with Crippen LogP contribution in [0.15, 0.2) is 4.47 Å². The van der Waals surface area contributed by atoms with Gasteiger partial charge in [-0.05, 0) is 42.3 Å². The lowest BCUT2D eigenvalue weighted by atomic mass is 10.1. The smallest absolute Gasteiger partial charge is 0.344 e. The van der Waals surface area contributed by atoms with Gasteiger partial charge in [0.15, 0.2) is 5.69 Å². The van der Waals surface area contributed by atoms with Crippen LogP contribution in [0.4, 0.5) is 18.2 Å². The van der Waals surface area contributed by atoms with Crippen LogP contribution < -0.4 is 5.32 Å². The third kappa shape index (κ3) is 4.30. The molecule has 0 aliphatic carbocycles. The van der Waals surface area contributed by atoms with Crippen molar-refractivity contribution in [1.82, 2.24) is 14.7 Å². The number of amides is 2. The van der Waals surface area contributed by atoms with Gasteiger partial charge in [0.05, 0.1) is 20.6 Å². The molecule has 2 heterocycles. The van der Waals surface area contributed by atoms with Crippen LogP contribution in [-0.4, -0.2) is 40.6 Å². The fraction of sp³-hybridized carbons (Fsp3) is 0.412. The van der Waals surface area contributed by atoms with Crippen molar-refractivity contribution in [3.8, 4) is 6.07 Å². The molecule has 29 heavy (non-hydrogen) atoms. The maximum absolute atomic E-state index is 13.1. The van der Waals surface area contributed by atoms with Gasteiger partial charge in [-0.15, -0.1) is 11.3 Å². The van der Waals surface area contributed by atoms with Crippen LogP contribution >= 0.6 is 27.3 Å². The highest BCUT2D eigenvalue weighted by molar-refractivity contribution is 9.10. The molecule has 0 fully saturated rings. The molecule has 0 radical (unpaired) electrons. The fourth-order valence-corrected chi connectivity index (χ4v) is 4.19. The lowest BCUT2D eigenvalue weighted by molar-refractivity contribution is -0.142. The molecule has 2 aromatic heterocycles. The molecular formula is C17H17BrF3N5O2S. The molecule has 7 nitrogen and oxygen atoms in total. The largest absolute Gasteiger partial charge is 0.436 e. The number of anilines is 1. The molecular weight excluding hydrogens is 475 g/mol. The highest BCUT2D eigenvalue weighted by atomic mass is 79.9. The highest BCUT2D eigenvalue weighted by Crippen LogP contribution is 2.37. The molecule has 1 N–H and O–H groups in total. The minimum atomic E-state index is -4.68. The molecule has 2 aromatic rings. The second-order valence-corrected chi connectivity index (χ2v) is 8.24. The van der Waals surface area contributed by atoms with Crippen LogP contribution in [0.3, 0.4) is 0 Å². The van der Waals surface area contributed by atoms with E-state index in [0.29, 0.717) is 10.4 Å². The number of halogens is 4. The van der Waals surface area contributed by atoms with E-state index in [9.17, 15) is 28.0 Å². The number of carbonyl (C=O) groups excluding carboxylic acids is 2. The number of thiophene rings is 1. The fourth-order valence-electron chi connectivity index (χ4n) is 2.53. The highest BCUT2D eigenvalue weighted by Gasteiger charge is 2.39. The summed E-state index contributed by atoms with van der Waals surface area (Å²) in [5.41, 5.74) is -0.434. The topological polar surface area (TPSA) is 91.0 Å². The number of nitrogens with one attached hydrogen (secondary N) is 1. The number of aromatic nitrogens is 2. The summed E-state index contributed by atoms with van der Waals surface area (Å²) in [6.07, 6.45) is -4.68. The molecule has 0 unspecified atom stereocenters. The molecule has 0 bridgehead atoms. The zero-order valence-corrected chi connectivity index (χ0v) is 18.5. The Labute approximate surface area is 177 Å². The second kappa shape index (κ2) is 8.16. The van der Waals surface area contributed by atoms with Gasteiger partial charge in [-0.1, -0.05) is 0 Å². The summed E-state index contributed by atoms with van der Waals surface area (Å²) in [6, 6.07) is 0.860.